The minimum absolute atomic E-state index is 0.0782. The van der Waals surface area contributed by atoms with Crippen molar-refractivity contribution in [3.63, 3.8) is 0 Å². The van der Waals surface area contributed by atoms with Crippen LogP contribution >= 0.6 is 0 Å². The Morgan fingerprint density at radius 2 is 1.84 bits per heavy atom. The van der Waals surface area contributed by atoms with Gasteiger partial charge in [0, 0.05) is 32.5 Å². The van der Waals surface area contributed by atoms with Gasteiger partial charge in [0.05, 0.1) is 19.3 Å². The van der Waals surface area contributed by atoms with Crippen LogP contribution in [0.5, 0.6) is 0 Å². The quantitative estimate of drug-likeness (QED) is 0.744. The van der Waals surface area contributed by atoms with Crippen molar-refractivity contribution in [1.82, 2.24) is 9.80 Å². The molecule has 0 aromatic carbocycles. The molecule has 0 aromatic rings. The standard InChI is InChI=1S/C14H24N2O3/c1-15-8-5-12(13(15)17)16(2)11-3-6-14(7-4-11)18-9-10-19-14/h11-12H,3-10H2,1-2H3. The summed E-state index contributed by atoms with van der Waals surface area (Å²) in [6.45, 7) is 2.34. The zero-order valence-corrected chi connectivity index (χ0v) is 11.9. The number of ether oxygens (including phenoxy) is 2. The lowest BCUT2D eigenvalue weighted by molar-refractivity contribution is -0.184. The molecule has 2 heterocycles. The van der Waals surface area contributed by atoms with Gasteiger partial charge in [-0.25, -0.2) is 0 Å². The highest BCUT2D eigenvalue weighted by Crippen LogP contribution is 2.37. The molecule has 2 saturated heterocycles. The molecule has 0 radical (unpaired) electrons. The maximum atomic E-state index is 12.1. The molecule has 19 heavy (non-hydrogen) atoms. The summed E-state index contributed by atoms with van der Waals surface area (Å²) in [6.07, 6.45) is 4.99. The molecule has 5 nitrogen and oxygen atoms in total. The number of rotatable bonds is 2. The summed E-state index contributed by atoms with van der Waals surface area (Å²) in [7, 11) is 3.99. The van der Waals surface area contributed by atoms with Crippen LogP contribution < -0.4 is 0 Å². The highest BCUT2D eigenvalue weighted by molar-refractivity contribution is 5.83. The second-order valence-corrected chi connectivity index (χ2v) is 6.07. The van der Waals surface area contributed by atoms with Crippen LogP contribution in [0.1, 0.15) is 32.1 Å². The Balaban J connectivity index is 1.57. The molecular weight excluding hydrogens is 244 g/mol. The Labute approximate surface area is 114 Å². The summed E-state index contributed by atoms with van der Waals surface area (Å²) in [5.74, 6) is -0.0236. The van der Waals surface area contributed by atoms with Crippen molar-refractivity contribution in [2.75, 3.05) is 33.9 Å². The molecule has 1 aliphatic carbocycles. The van der Waals surface area contributed by atoms with Crippen LogP contribution in [0.25, 0.3) is 0 Å². The van der Waals surface area contributed by atoms with Crippen molar-refractivity contribution in [2.45, 2.75) is 50.0 Å². The number of hydrogen-bond acceptors (Lipinski definition) is 4. The molecule has 1 unspecified atom stereocenters. The topological polar surface area (TPSA) is 42.0 Å². The minimum atomic E-state index is -0.298. The first-order valence-corrected chi connectivity index (χ1v) is 7.36. The second-order valence-electron chi connectivity index (χ2n) is 6.07. The summed E-state index contributed by atoms with van der Waals surface area (Å²) in [6, 6.07) is 0.563. The lowest BCUT2D eigenvalue weighted by Gasteiger charge is -2.40. The van der Waals surface area contributed by atoms with Crippen molar-refractivity contribution in [3.8, 4) is 0 Å². The Hall–Kier alpha value is -0.650. The Morgan fingerprint density at radius 1 is 1.21 bits per heavy atom. The van der Waals surface area contributed by atoms with Crippen molar-refractivity contribution in [1.29, 1.82) is 0 Å². The van der Waals surface area contributed by atoms with Gasteiger partial charge in [-0.1, -0.05) is 0 Å². The van der Waals surface area contributed by atoms with E-state index in [0.717, 1.165) is 51.9 Å². The SMILES string of the molecule is CN1CCC(N(C)C2CCC3(CC2)OCCO3)C1=O. The third kappa shape index (κ3) is 2.39. The van der Waals surface area contributed by atoms with Crippen LogP contribution in [-0.4, -0.2) is 67.4 Å². The maximum Gasteiger partial charge on any atom is 0.239 e. The van der Waals surface area contributed by atoms with E-state index in [9.17, 15) is 4.79 Å². The Kier molecular flexibility index (Phi) is 3.53. The molecule has 5 heteroatoms. The molecule has 3 fully saturated rings. The summed E-state index contributed by atoms with van der Waals surface area (Å²) in [4.78, 5) is 16.2. The van der Waals surface area contributed by atoms with Gasteiger partial charge in [0.15, 0.2) is 5.79 Å². The van der Waals surface area contributed by atoms with Crippen LogP contribution in [0.2, 0.25) is 0 Å². The monoisotopic (exact) mass is 268 g/mol. The first-order valence-electron chi connectivity index (χ1n) is 7.36. The Morgan fingerprint density at radius 3 is 2.37 bits per heavy atom. The van der Waals surface area contributed by atoms with Gasteiger partial charge in [-0.15, -0.1) is 0 Å². The molecule has 3 rings (SSSR count). The zero-order chi connectivity index (χ0) is 13.5. The van der Waals surface area contributed by atoms with E-state index in [1.807, 2.05) is 11.9 Å². The fourth-order valence-corrected chi connectivity index (χ4v) is 3.67. The van der Waals surface area contributed by atoms with Crippen molar-refractivity contribution in [2.24, 2.45) is 0 Å². The van der Waals surface area contributed by atoms with Crippen LogP contribution in [0.15, 0.2) is 0 Å². The van der Waals surface area contributed by atoms with E-state index in [-0.39, 0.29) is 17.7 Å². The molecule has 0 aromatic heterocycles. The number of hydrogen-bond donors (Lipinski definition) is 0. The number of carbonyl (C=O) groups excluding carboxylic acids is 1. The molecule has 1 spiro atoms. The van der Waals surface area contributed by atoms with Gasteiger partial charge in [-0.3, -0.25) is 9.69 Å². The fourth-order valence-electron chi connectivity index (χ4n) is 3.67. The predicted molar refractivity (Wildman–Crippen MR) is 70.7 cm³/mol. The Bertz CT molecular complexity index is 345. The summed E-state index contributed by atoms with van der Waals surface area (Å²) < 4.78 is 11.5. The first-order chi connectivity index (χ1) is 9.11. The molecule has 108 valence electrons. The van der Waals surface area contributed by atoms with Crippen LogP contribution in [-0.2, 0) is 14.3 Å². The lowest BCUT2D eigenvalue weighted by atomic mass is 9.88. The second kappa shape index (κ2) is 5.04. The minimum Gasteiger partial charge on any atom is -0.348 e. The maximum absolute atomic E-state index is 12.1. The molecule has 1 atom stereocenters. The van der Waals surface area contributed by atoms with E-state index in [2.05, 4.69) is 11.9 Å². The van der Waals surface area contributed by atoms with Gasteiger partial charge in [-0.2, -0.15) is 0 Å². The third-order valence-electron chi connectivity index (χ3n) is 5.00. The fraction of sp³-hybridized carbons (Fsp3) is 0.929. The highest BCUT2D eigenvalue weighted by Gasteiger charge is 2.43. The molecule has 1 amide bonds. The summed E-state index contributed by atoms with van der Waals surface area (Å²) in [5.41, 5.74) is 0. The molecular formula is C14H24N2O3. The number of nitrogens with zero attached hydrogens (tertiary/aromatic N) is 2. The van der Waals surface area contributed by atoms with Crippen molar-refractivity contribution >= 4 is 5.91 Å². The molecule has 2 aliphatic heterocycles. The van der Waals surface area contributed by atoms with Crippen molar-refractivity contribution in [3.05, 3.63) is 0 Å². The zero-order valence-electron chi connectivity index (χ0n) is 11.9. The van der Waals surface area contributed by atoms with Gasteiger partial charge in [-0.05, 0) is 26.3 Å². The van der Waals surface area contributed by atoms with Gasteiger partial charge in [0.1, 0.15) is 0 Å². The lowest BCUT2D eigenvalue weighted by Crippen LogP contribution is -2.48. The molecule has 1 saturated carbocycles. The average Bonchev–Trinajstić information content (AvgIpc) is 2.99. The predicted octanol–water partition coefficient (Wildman–Crippen LogP) is 0.835. The average molecular weight is 268 g/mol. The van der Waals surface area contributed by atoms with Crippen LogP contribution in [0.4, 0.5) is 0 Å². The molecule has 3 aliphatic rings. The van der Waals surface area contributed by atoms with Gasteiger partial charge in [0.25, 0.3) is 0 Å². The van der Waals surface area contributed by atoms with E-state index in [1.54, 1.807) is 0 Å². The van der Waals surface area contributed by atoms with Crippen molar-refractivity contribution < 1.29 is 14.3 Å². The van der Waals surface area contributed by atoms with E-state index >= 15 is 0 Å². The number of carbonyl (C=O) groups is 1. The molecule has 0 bridgehead atoms. The van der Waals surface area contributed by atoms with Gasteiger partial charge in [0.2, 0.25) is 5.91 Å². The highest BCUT2D eigenvalue weighted by atomic mass is 16.7. The van der Waals surface area contributed by atoms with Crippen LogP contribution in [0.3, 0.4) is 0 Å². The number of likely N-dealkylation sites (N-methyl/N-ethyl adjacent to an activating group) is 2. The molecule has 0 N–H and O–H groups in total. The van der Waals surface area contributed by atoms with Gasteiger partial charge < -0.3 is 14.4 Å². The number of amides is 1. The third-order valence-corrected chi connectivity index (χ3v) is 5.00. The summed E-state index contributed by atoms with van der Waals surface area (Å²) >= 11 is 0. The van der Waals surface area contributed by atoms with E-state index in [4.69, 9.17) is 9.47 Å². The van der Waals surface area contributed by atoms with E-state index in [0.29, 0.717) is 6.04 Å². The van der Waals surface area contributed by atoms with Crippen LogP contribution in [0, 0.1) is 0 Å². The normalized spacial score (nSPS) is 31.8. The first kappa shape index (κ1) is 13.3. The number of likely N-dealkylation sites (tertiary alicyclic amines) is 1. The van der Waals surface area contributed by atoms with E-state index in [1.165, 1.54) is 0 Å². The summed E-state index contributed by atoms with van der Waals surface area (Å²) in [5, 5.41) is 0. The smallest absolute Gasteiger partial charge is 0.239 e. The van der Waals surface area contributed by atoms with E-state index < -0.39 is 0 Å². The largest absolute Gasteiger partial charge is 0.348 e. The van der Waals surface area contributed by atoms with Gasteiger partial charge >= 0.3 is 0 Å².